The number of ether oxygens (including phenoxy) is 1. The number of hydrogen-bond acceptors (Lipinski definition) is 5. The molecule has 0 saturated carbocycles. The van der Waals surface area contributed by atoms with E-state index >= 15 is 0 Å². The third-order valence-corrected chi connectivity index (χ3v) is 3.99. The van der Waals surface area contributed by atoms with E-state index in [-0.39, 0.29) is 24.5 Å². The summed E-state index contributed by atoms with van der Waals surface area (Å²) in [7, 11) is 0. The maximum absolute atomic E-state index is 9.59. The largest absolute Gasteiger partial charge is 0.394 e. The zero-order valence-corrected chi connectivity index (χ0v) is 11.9. The highest BCUT2D eigenvalue weighted by Gasteiger charge is 2.32. The van der Waals surface area contributed by atoms with Crippen LogP contribution in [-0.4, -0.2) is 37.2 Å². The molecule has 2 unspecified atom stereocenters. The Bertz CT molecular complexity index is 480. The molecular weight excluding hydrogens is 266 g/mol. The Morgan fingerprint density at radius 3 is 2.76 bits per heavy atom. The lowest BCUT2D eigenvalue weighted by Gasteiger charge is -2.27. The molecule has 1 aliphatic rings. The monoisotopic (exact) mass is 287 g/mol. The number of rotatable bonds is 7. The van der Waals surface area contributed by atoms with Crippen LogP contribution in [0.3, 0.4) is 0 Å². The van der Waals surface area contributed by atoms with E-state index in [0.29, 0.717) is 13.2 Å². The molecule has 3 N–H and O–H groups in total. The van der Waals surface area contributed by atoms with Crippen molar-refractivity contribution in [3.05, 3.63) is 35.9 Å². The fourth-order valence-electron chi connectivity index (χ4n) is 2.75. The molecule has 1 heterocycles. The van der Waals surface area contributed by atoms with Gasteiger partial charge in [0.1, 0.15) is 6.04 Å². The van der Waals surface area contributed by atoms with Crippen LogP contribution >= 0.6 is 0 Å². The summed E-state index contributed by atoms with van der Waals surface area (Å²) in [5.74, 6) is -0.00923. The van der Waals surface area contributed by atoms with Gasteiger partial charge in [-0.15, -0.1) is 0 Å². The molecule has 4 atom stereocenters. The smallest absolute Gasteiger partial charge is 0.104 e. The first-order chi connectivity index (χ1) is 10.3. The summed E-state index contributed by atoms with van der Waals surface area (Å²) in [6.45, 7) is 1.19. The molecule has 0 bridgehead atoms. The molecule has 1 fully saturated rings. The van der Waals surface area contributed by atoms with Crippen molar-refractivity contribution in [3.63, 3.8) is 0 Å². The topological polar surface area (TPSA) is 89.1 Å². The van der Waals surface area contributed by atoms with Crippen molar-refractivity contribution in [2.45, 2.75) is 18.5 Å². The number of nitriles is 1. The van der Waals surface area contributed by atoms with Gasteiger partial charge in [0.15, 0.2) is 0 Å². The SMILES string of the molecule is N#CC(N[C@@H](CO)c1ccccc1)C(C=N)[C@@H]1CCOC1. The van der Waals surface area contributed by atoms with Gasteiger partial charge in [-0.1, -0.05) is 30.3 Å². The second-order valence-corrected chi connectivity index (χ2v) is 5.29. The maximum atomic E-state index is 9.59. The Kier molecular flexibility index (Phi) is 5.88. The summed E-state index contributed by atoms with van der Waals surface area (Å²) in [6.07, 6.45) is 2.20. The highest BCUT2D eigenvalue weighted by atomic mass is 16.5. The van der Waals surface area contributed by atoms with E-state index in [2.05, 4.69) is 11.4 Å². The van der Waals surface area contributed by atoms with Crippen molar-refractivity contribution in [1.82, 2.24) is 5.32 Å². The van der Waals surface area contributed by atoms with Crippen molar-refractivity contribution < 1.29 is 9.84 Å². The molecule has 0 amide bonds. The fourth-order valence-corrected chi connectivity index (χ4v) is 2.75. The molecule has 0 aliphatic carbocycles. The summed E-state index contributed by atoms with van der Waals surface area (Å²) < 4.78 is 5.36. The van der Waals surface area contributed by atoms with Crippen LogP contribution in [0, 0.1) is 28.6 Å². The molecule has 2 rings (SSSR count). The van der Waals surface area contributed by atoms with E-state index in [1.165, 1.54) is 6.21 Å². The van der Waals surface area contributed by atoms with Gasteiger partial charge in [0.2, 0.25) is 0 Å². The maximum Gasteiger partial charge on any atom is 0.104 e. The van der Waals surface area contributed by atoms with Gasteiger partial charge in [0.25, 0.3) is 0 Å². The Morgan fingerprint density at radius 2 is 2.24 bits per heavy atom. The average molecular weight is 287 g/mol. The molecule has 21 heavy (non-hydrogen) atoms. The van der Waals surface area contributed by atoms with E-state index < -0.39 is 6.04 Å². The Hall–Kier alpha value is -1.74. The predicted octanol–water partition coefficient (Wildman–Crippen LogP) is 1.50. The summed E-state index contributed by atoms with van der Waals surface area (Å²) >= 11 is 0. The Balaban J connectivity index is 2.09. The van der Waals surface area contributed by atoms with Gasteiger partial charge >= 0.3 is 0 Å². The van der Waals surface area contributed by atoms with Crippen LogP contribution in [0.25, 0.3) is 0 Å². The summed E-state index contributed by atoms with van der Waals surface area (Å²) in [6, 6.07) is 11.0. The van der Waals surface area contributed by atoms with Gasteiger partial charge in [-0.2, -0.15) is 5.26 Å². The molecule has 0 spiro atoms. The van der Waals surface area contributed by atoms with E-state index in [0.717, 1.165) is 12.0 Å². The molecule has 1 aromatic carbocycles. The predicted molar refractivity (Wildman–Crippen MR) is 80.0 cm³/mol. The minimum atomic E-state index is -0.508. The summed E-state index contributed by atoms with van der Waals surface area (Å²) in [4.78, 5) is 0. The minimum Gasteiger partial charge on any atom is -0.394 e. The third-order valence-electron chi connectivity index (χ3n) is 3.99. The van der Waals surface area contributed by atoms with Crippen LogP contribution in [0.15, 0.2) is 30.3 Å². The molecule has 1 aromatic rings. The number of aliphatic hydroxyl groups is 1. The van der Waals surface area contributed by atoms with Crippen molar-refractivity contribution >= 4 is 6.21 Å². The molecule has 0 aromatic heterocycles. The van der Waals surface area contributed by atoms with E-state index in [1.807, 2.05) is 30.3 Å². The first kappa shape index (κ1) is 15.6. The lowest BCUT2D eigenvalue weighted by atomic mass is 9.86. The highest BCUT2D eigenvalue weighted by Crippen LogP contribution is 2.25. The fraction of sp³-hybridized carbons (Fsp3) is 0.500. The second kappa shape index (κ2) is 7.89. The number of hydrogen-bond donors (Lipinski definition) is 3. The minimum absolute atomic E-state index is 0.0892. The molecule has 5 heteroatoms. The lowest BCUT2D eigenvalue weighted by Crippen LogP contribution is -2.42. The first-order valence-corrected chi connectivity index (χ1v) is 7.20. The normalized spacial score (nSPS) is 22.2. The zero-order chi connectivity index (χ0) is 15.1. The van der Waals surface area contributed by atoms with Crippen molar-refractivity contribution in [3.8, 4) is 6.07 Å². The van der Waals surface area contributed by atoms with Gasteiger partial charge in [0.05, 0.1) is 25.3 Å². The molecule has 112 valence electrons. The Labute approximate surface area is 125 Å². The zero-order valence-electron chi connectivity index (χ0n) is 11.9. The number of nitrogens with one attached hydrogen (secondary N) is 2. The number of benzene rings is 1. The third kappa shape index (κ3) is 3.88. The second-order valence-electron chi connectivity index (χ2n) is 5.29. The van der Waals surface area contributed by atoms with Gasteiger partial charge in [-0.25, -0.2) is 0 Å². The van der Waals surface area contributed by atoms with Crippen LogP contribution in [0.5, 0.6) is 0 Å². The van der Waals surface area contributed by atoms with Crippen LogP contribution in [0.1, 0.15) is 18.0 Å². The highest BCUT2D eigenvalue weighted by molar-refractivity contribution is 5.59. The van der Waals surface area contributed by atoms with Crippen LogP contribution in [0.4, 0.5) is 0 Å². The van der Waals surface area contributed by atoms with Crippen molar-refractivity contribution in [2.24, 2.45) is 11.8 Å². The number of aliphatic hydroxyl groups excluding tert-OH is 1. The van der Waals surface area contributed by atoms with Crippen LogP contribution < -0.4 is 5.32 Å². The molecule has 1 saturated heterocycles. The van der Waals surface area contributed by atoms with Gasteiger partial charge in [0, 0.05) is 18.7 Å². The Morgan fingerprint density at radius 1 is 1.48 bits per heavy atom. The average Bonchev–Trinajstić information content (AvgIpc) is 3.06. The van der Waals surface area contributed by atoms with E-state index in [9.17, 15) is 10.4 Å². The summed E-state index contributed by atoms with van der Waals surface area (Å²) in [5.41, 5.74) is 0.937. The molecule has 1 aliphatic heterocycles. The lowest BCUT2D eigenvalue weighted by molar-refractivity contribution is 0.173. The molecule has 5 nitrogen and oxygen atoms in total. The quantitative estimate of drug-likeness (QED) is 0.663. The summed E-state index contributed by atoms with van der Waals surface area (Å²) in [5, 5.41) is 29.8. The molecule has 0 radical (unpaired) electrons. The van der Waals surface area contributed by atoms with Gasteiger partial charge in [-0.3, -0.25) is 5.32 Å². The van der Waals surface area contributed by atoms with Gasteiger partial charge in [-0.05, 0) is 17.9 Å². The van der Waals surface area contributed by atoms with Crippen molar-refractivity contribution in [1.29, 1.82) is 10.7 Å². The van der Waals surface area contributed by atoms with Crippen molar-refractivity contribution in [2.75, 3.05) is 19.8 Å². The van der Waals surface area contributed by atoms with E-state index in [1.54, 1.807) is 0 Å². The number of nitrogens with zero attached hydrogens (tertiary/aromatic N) is 1. The molecular formula is C16H21N3O2. The standard InChI is InChI=1S/C16H21N3O2/c17-8-14(13-6-7-21-11-13)15(9-18)19-16(10-20)12-4-2-1-3-5-12/h1-5,8,13-17,19-20H,6-7,10-11H2/t13-,14?,15?,16+/m1/s1. The first-order valence-electron chi connectivity index (χ1n) is 7.20. The van der Waals surface area contributed by atoms with Crippen LogP contribution in [0.2, 0.25) is 0 Å². The van der Waals surface area contributed by atoms with Gasteiger partial charge < -0.3 is 15.3 Å². The van der Waals surface area contributed by atoms with E-state index in [4.69, 9.17) is 10.1 Å². The van der Waals surface area contributed by atoms with Crippen LogP contribution in [-0.2, 0) is 4.74 Å².